The third-order valence-corrected chi connectivity index (χ3v) is 5.33. The van der Waals surface area contributed by atoms with Gasteiger partial charge in [-0.3, -0.25) is 14.4 Å². The van der Waals surface area contributed by atoms with Crippen molar-refractivity contribution < 1.29 is 9.18 Å². The summed E-state index contributed by atoms with van der Waals surface area (Å²) in [6, 6.07) is 14.2. The van der Waals surface area contributed by atoms with Gasteiger partial charge in [0.15, 0.2) is 0 Å². The van der Waals surface area contributed by atoms with E-state index in [4.69, 9.17) is 0 Å². The maximum absolute atomic E-state index is 13.2. The van der Waals surface area contributed by atoms with Crippen LogP contribution in [0.3, 0.4) is 0 Å². The summed E-state index contributed by atoms with van der Waals surface area (Å²) in [5.41, 5.74) is 4.47. The van der Waals surface area contributed by atoms with Gasteiger partial charge in [0.05, 0.1) is 11.9 Å². The molecule has 1 aliphatic heterocycles. The molecule has 1 amide bonds. The van der Waals surface area contributed by atoms with Crippen LogP contribution >= 0.6 is 0 Å². The van der Waals surface area contributed by atoms with Crippen molar-refractivity contribution in [3.63, 3.8) is 0 Å². The SMILES string of the molecule is Cn1ncc(C=CC(=O)Nc2ccc(CN3CCCC3)cc2)c1-c1ccc(F)cc1. The number of nitrogens with one attached hydrogen (secondary N) is 1. The lowest BCUT2D eigenvalue weighted by atomic mass is 10.1. The molecule has 0 spiro atoms. The molecule has 3 aromatic rings. The van der Waals surface area contributed by atoms with Crippen LogP contribution in [0.1, 0.15) is 24.0 Å². The molecule has 30 heavy (non-hydrogen) atoms. The second kappa shape index (κ2) is 9.05. The van der Waals surface area contributed by atoms with Gasteiger partial charge in [0.25, 0.3) is 0 Å². The van der Waals surface area contributed by atoms with Gasteiger partial charge in [-0.1, -0.05) is 12.1 Å². The molecule has 0 radical (unpaired) electrons. The Morgan fingerprint density at radius 1 is 1.10 bits per heavy atom. The Balaban J connectivity index is 1.40. The highest BCUT2D eigenvalue weighted by Gasteiger charge is 2.12. The number of nitrogens with zero attached hydrogens (tertiary/aromatic N) is 3. The molecule has 0 unspecified atom stereocenters. The second-order valence-electron chi connectivity index (χ2n) is 7.58. The van der Waals surface area contributed by atoms with Gasteiger partial charge in [-0.05, 0) is 74.0 Å². The summed E-state index contributed by atoms with van der Waals surface area (Å²) >= 11 is 0. The normalized spacial score (nSPS) is 14.5. The summed E-state index contributed by atoms with van der Waals surface area (Å²) in [5.74, 6) is -0.500. The van der Waals surface area contributed by atoms with Crippen molar-refractivity contribution in [3.8, 4) is 11.3 Å². The standard InChI is InChI=1S/C24H25FN4O/c1-28-24(19-6-9-21(25)10-7-19)20(16-26-28)8-13-23(30)27-22-11-4-18(5-12-22)17-29-14-2-3-15-29/h4-13,16H,2-3,14-15,17H2,1H3,(H,27,30). The minimum absolute atomic E-state index is 0.212. The van der Waals surface area contributed by atoms with E-state index >= 15 is 0 Å². The molecule has 154 valence electrons. The lowest BCUT2D eigenvalue weighted by Crippen LogP contribution is -2.18. The van der Waals surface area contributed by atoms with Crippen molar-refractivity contribution in [2.75, 3.05) is 18.4 Å². The largest absolute Gasteiger partial charge is 0.323 e. The van der Waals surface area contributed by atoms with Crippen LogP contribution in [0.4, 0.5) is 10.1 Å². The predicted octanol–water partition coefficient (Wildman–Crippen LogP) is 4.47. The summed E-state index contributed by atoms with van der Waals surface area (Å²) in [7, 11) is 1.82. The molecule has 0 aliphatic carbocycles. The number of rotatable bonds is 6. The fourth-order valence-corrected chi connectivity index (χ4v) is 3.78. The Kier molecular flexibility index (Phi) is 6.05. The van der Waals surface area contributed by atoms with Crippen molar-refractivity contribution in [1.82, 2.24) is 14.7 Å². The molecule has 1 saturated heterocycles. The second-order valence-corrected chi connectivity index (χ2v) is 7.58. The first-order valence-corrected chi connectivity index (χ1v) is 10.2. The van der Waals surface area contributed by atoms with Crippen molar-refractivity contribution in [3.05, 3.63) is 77.7 Å². The molecule has 2 heterocycles. The molecule has 0 bridgehead atoms. The summed E-state index contributed by atoms with van der Waals surface area (Å²) < 4.78 is 14.9. The monoisotopic (exact) mass is 404 g/mol. The Labute approximate surface area is 175 Å². The highest BCUT2D eigenvalue weighted by atomic mass is 19.1. The first-order chi connectivity index (χ1) is 14.6. The minimum Gasteiger partial charge on any atom is -0.323 e. The van der Waals surface area contributed by atoms with Gasteiger partial charge in [-0.25, -0.2) is 4.39 Å². The van der Waals surface area contributed by atoms with E-state index in [1.807, 2.05) is 19.2 Å². The van der Waals surface area contributed by atoms with Crippen LogP contribution < -0.4 is 5.32 Å². The molecule has 4 rings (SSSR count). The summed E-state index contributed by atoms with van der Waals surface area (Å²) in [5, 5.41) is 7.16. The Morgan fingerprint density at radius 3 is 2.50 bits per heavy atom. The highest BCUT2D eigenvalue weighted by Crippen LogP contribution is 2.24. The molecule has 1 aliphatic rings. The van der Waals surface area contributed by atoms with Crippen LogP contribution in [0.5, 0.6) is 0 Å². The summed E-state index contributed by atoms with van der Waals surface area (Å²) in [4.78, 5) is 14.8. The molecule has 2 aromatic carbocycles. The van der Waals surface area contributed by atoms with Gasteiger partial charge < -0.3 is 5.32 Å². The van der Waals surface area contributed by atoms with Crippen molar-refractivity contribution in [2.24, 2.45) is 7.05 Å². The number of aromatic nitrogens is 2. The zero-order valence-corrected chi connectivity index (χ0v) is 17.0. The first kappa shape index (κ1) is 20.0. The number of hydrogen-bond acceptors (Lipinski definition) is 3. The molecule has 0 saturated carbocycles. The molecule has 1 fully saturated rings. The number of aryl methyl sites for hydroxylation is 1. The topological polar surface area (TPSA) is 50.2 Å². The number of benzene rings is 2. The van der Waals surface area contributed by atoms with E-state index < -0.39 is 0 Å². The van der Waals surface area contributed by atoms with Gasteiger partial charge in [-0.2, -0.15) is 5.10 Å². The average molecular weight is 404 g/mol. The number of carbonyl (C=O) groups is 1. The molecule has 1 aromatic heterocycles. The van der Waals surface area contributed by atoms with Gasteiger partial charge >= 0.3 is 0 Å². The third-order valence-electron chi connectivity index (χ3n) is 5.33. The van der Waals surface area contributed by atoms with Crippen molar-refractivity contribution >= 4 is 17.7 Å². The van der Waals surface area contributed by atoms with Crippen LogP contribution in [0, 0.1) is 5.82 Å². The number of anilines is 1. The summed E-state index contributed by atoms with van der Waals surface area (Å²) in [6.07, 6.45) is 7.46. The van der Waals surface area contributed by atoms with E-state index in [0.29, 0.717) is 0 Å². The first-order valence-electron chi connectivity index (χ1n) is 10.2. The number of hydrogen-bond donors (Lipinski definition) is 1. The molecule has 1 N–H and O–H groups in total. The fraction of sp³-hybridized carbons (Fsp3) is 0.250. The lowest BCUT2D eigenvalue weighted by Gasteiger charge is -2.14. The Bertz CT molecular complexity index is 1030. The number of halogens is 1. The van der Waals surface area contributed by atoms with Crippen LogP contribution in [-0.4, -0.2) is 33.7 Å². The number of amides is 1. The van der Waals surface area contributed by atoms with Crippen LogP contribution in [0.15, 0.2) is 60.8 Å². The van der Waals surface area contributed by atoms with Crippen molar-refractivity contribution in [1.29, 1.82) is 0 Å². The summed E-state index contributed by atoms with van der Waals surface area (Å²) in [6.45, 7) is 3.29. The molecule has 5 nitrogen and oxygen atoms in total. The van der Waals surface area contributed by atoms with E-state index in [1.54, 1.807) is 29.1 Å². The fourth-order valence-electron chi connectivity index (χ4n) is 3.78. The van der Waals surface area contributed by atoms with E-state index in [0.717, 1.165) is 42.1 Å². The quantitative estimate of drug-likeness (QED) is 0.617. The van der Waals surface area contributed by atoms with Crippen LogP contribution in [0.2, 0.25) is 0 Å². The van der Waals surface area contributed by atoms with E-state index in [1.165, 1.54) is 36.6 Å². The third kappa shape index (κ3) is 4.83. The molecular formula is C24H25FN4O. The molecular weight excluding hydrogens is 379 g/mol. The van der Waals surface area contributed by atoms with E-state index in [-0.39, 0.29) is 11.7 Å². The van der Waals surface area contributed by atoms with E-state index in [2.05, 4.69) is 27.4 Å². The minimum atomic E-state index is -0.288. The lowest BCUT2D eigenvalue weighted by molar-refractivity contribution is -0.111. The van der Waals surface area contributed by atoms with Gasteiger partial charge in [0.1, 0.15) is 5.82 Å². The van der Waals surface area contributed by atoms with E-state index in [9.17, 15) is 9.18 Å². The zero-order chi connectivity index (χ0) is 20.9. The number of carbonyl (C=O) groups excluding carboxylic acids is 1. The van der Waals surface area contributed by atoms with Crippen LogP contribution in [-0.2, 0) is 18.4 Å². The van der Waals surface area contributed by atoms with Gasteiger partial charge in [0, 0.05) is 36.5 Å². The Hall–Kier alpha value is -3.25. The Morgan fingerprint density at radius 2 is 1.80 bits per heavy atom. The zero-order valence-electron chi connectivity index (χ0n) is 17.0. The van der Waals surface area contributed by atoms with Gasteiger partial charge in [0.2, 0.25) is 5.91 Å². The van der Waals surface area contributed by atoms with Crippen LogP contribution in [0.25, 0.3) is 17.3 Å². The average Bonchev–Trinajstić information content (AvgIpc) is 3.38. The predicted molar refractivity (Wildman–Crippen MR) is 117 cm³/mol. The number of likely N-dealkylation sites (tertiary alicyclic amines) is 1. The highest BCUT2D eigenvalue weighted by molar-refractivity contribution is 6.02. The van der Waals surface area contributed by atoms with Crippen molar-refractivity contribution in [2.45, 2.75) is 19.4 Å². The molecule has 0 atom stereocenters. The smallest absolute Gasteiger partial charge is 0.248 e. The molecule has 6 heteroatoms. The maximum Gasteiger partial charge on any atom is 0.248 e. The van der Waals surface area contributed by atoms with Gasteiger partial charge in [-0.15, -0.1) is 0 Å². The maximum atomic E-state index is 13.2.